The first-order chi connectivity index (χ1) is 7.50. The second-order valence-electron chi connectivity index (χ2n) is 3.40. The van der Waals surface area contributed by atoms with Crippen molar-refractivity contribution in [1.29, 1.82) is 0 Å². The van der Waals surface area contributed by atoms with E-state index in [1.807, 2.05) is 6.92 Å². The van der Waals surface area contributed by atoms with Crippen LogP contribution in [0.25, 0.3) is 5.69 Å². The lowest BCUT2D eigenvalue weighted by Gasteiger charge is -2.09. The Labute approximate surface area is 108 Å². The molecule has 6 heteroatoms. The molecule has 0 fully saturated rings. The monoisotopic (exact) mass is 275 g/mol. The summed E-state index contributed by atoms with van der Waals surface area (Å²) in [4.78, 5) is 0. The zero-order valence-electron chi connectivity index (χ0n) is 8.63. The standard InChI is InChI=1S/C10H8Cl3N3/c1-5-3-8(12)9(4-7(5)11)16-6(2)14-15-10(16)13/h3-4H,1-2H3. The van der Waals surface area contributed by atoms with E-state index in [-0.39, 0.29) is 5.28 Å². The third-order valence-electron chi connectivity index (χ3n) is 2.25. The van der Waals surface area contributed by atoms with Crippen LogP contribution in [0.2, 0.25) is 15.3 Å². The van der Waals surface area contributed by atoms with Gasteiger partial charge in [0.1, 0.15) is 5.82 Å². The second-order valence-corrected chi connectivity index (χ2v) is 4.56. The zero-order valence-corrected chi connectivity index (χ0v) is 10.9. The summed E-state index contributed by atoms with van der Waals surface area (Å²) < 4.78 is 1.65. The molecule has 0 aliphatic rings. The van der Waals surface area contributed by atoms with Gasteiger partial charge in [0.25, 0.3) is 0 Å². The van der Waals surface area contributed by atoms with Gasteiger partial charge in [0.15, 0.2) is 0 Å². The first kappa shape index (κ1) is 11.7. The Morgan fingerprint density at radius 2 is 1.69 bits per heavy atom. The van der Waals surface area contributed by atoms with Gasteiger partial charge in [0.2, 0.25) is 5.28 Å². The van der Waals surface area contributed by atoms with Crippen LogP contribution in [-0.2, 0) is 0 Å². The number of aryl methyl sites for hydroxylation is 2. The van der Waals surface area contributed by atoms with Gasteiger partial charge in [-0.1, -0.05) is 23.2 Å². The smallest absolute Gasteiger partial charge is 0.229 e. The molecule has 0 spiro atoms. The van der Waals surface area contributed by atoms with Crippen molar-refractivity contribution in [3.63, 3.8) is 0 Å². The molecule has 0 aliphatic carbocycles. The number of nitrogens with zero attached hydrogens (tertiary/aromatic N) is 3. The molecule has 16 heavy (non-hydrogen) atoms. The molecule has 1 heterocycles. The van der Waals surface area contributed by atoms with Crippen LogP contribution in [0.15, 0.2) is 12.1 Å². The second kappa shape index (κ2) is 4.24. The van der Waals surface area contributed by atoms with E-state index in [0.29, 0.717) is 21.6 Å². The van der Waals surface area contributed by atoms with E-state index in [2.05, 4.69) is 10.2 Å². The molecule has 3 nitrogen and oxygen atoms in total. The summed E-state index contributed by atoms with van der Waals surface area (Å²) in [5.41, 5.74) is 1.60. The van der Waals surface area contributed by atoms with Crippen LogP contribution in [0.1, 0.15) is 11.4 Å². The number of aromatic nitrogens is 3. The topological polar surface area (TPSA) is 30.7 Å². The van der Waals surface area contributed by atoms with E-state index < -0.39 is 0 Å². The molecule has 2 rings (SSSR count). The molecule has 2 aromatic rings. The van der Waals surface area contributed by atoms with Crippen molar-refractivity contribution in [2.45, 2.75) is 13.8 Å². The maximum absolute atomic E-state index is 6.14. The molecule has 0 N–H and O–H groups in total. The Kier molecular flexibility index (Phi) is 3.10. The van der Waals surface area contributed by atoms with E-state index in [4.69, 9.17) is 34.8 Å². The maximum atomic E-state index is 6.14. The van der Waals surface area contributed by atoms with Crippen LogP contribution in [0.4, 0.5) is 0 Å². The van der Waals surface area contributed by atoms with Gasteiger partial charge in [-0.25, -0.2) is 0 Å². The summed E-state index contributed by atoms with van der Waals surface area (Å²) in [7, 11) is 0. The van der Waals surface area contributed by atoms with Gasteiger partial charge in [-0.05, 0) is 43.1 Å². The van der Waals surface area contributed by atoms with Crippen molar-refractivity contribution in [2.24, 2.45) is 0 Å². The minimum absolute atomic E-state index is 0.263. The molecule has 0 saturated carbocycles. The van der Waals surface area contributed by atoms with Gasteiger partial charge >= 0.3 is 0 Å². The lowest BCUT2D eigenvalue weighted by molar-refractivity contribution is 0.969. The van der Waals surface area contributed by atoms with Gasteiger partial charge in [0, 0.05) is 5.02 Å². The fourth-order valence-electron chi connectivity index (χ4n) is 1.42. The molecule has 0 unspecified atom stereocenters. The SMILES string of the molecule is Cc1cc(Cl)c(-n2c(C)nnc2Cl)cc1Cl. The summed E-state index contributed by atoms with van der Waals surface area (Å²) in [6, 6.07) is 3.54. The molecule has 0 radical (unpaired) electrons. The maximum Gasteiger partial charge on any atom is 0.229 e. The molecular weight excluding hydrogens is 268 g/mol. The molecule has 1 aromatic heterocycles. The molecule has 84 valence electrons. The summed E-state index contributed by atoms with van der Waals surface area (Å²) in [5, 5.41) is 9.08. The van der Waals surface area contributed by atoms with E-state index >= 15 is 0 Å². The number of halogens is 3. The van der Waals surface area contributed by atoms with Gasteiger partial charge in [-0.15, -0.1) is 10.2 Å². The minimum Gasteiger partial charge on any atom is -0.268 e. The van der Waals surface area contributed by atoms with Crippen molar-refractivity contribution < 1.29 is 0 Å². The third-order valence-corrected chi connectivity index (χ3v) is 3.21. The van der Waals surface area contributed by atoms with Gasteiger partial charge in [-0.3, -0.25) is 4.57 Å². The molecule has 0 amide bonds. The third kappa shape index (κ3) is 1.90. The first-order valence-electron chi connectivity index (χ1n) is 4.54. The molecule has 0 saturated heterocycles. The van der Waals surface area contributed by atoms with Crippen LogP contribution in [-0.4, -0.2) is 14.8 Å². The van der Waals surface area contributed by atoms with Crippen molar-refractivity contribution in [2.75, 3.05) is 0 Å². The Morgan fingerprint density at radius 1 is 1.00 bits per heavy atom. The van der Waals surface area contributed by atoms with Crippen molar-refractivity contribution in [1.82, 2.24) is 14.8 Å². The Morgan fingerprint density at radius 3 is 2.25 bits per heavy atom. The van der Waals surface area contributed by atoms with Crippen molar-refractivity contribution in [3.05, 3.63) is 38.8 Å². The quantitative estimate of drug-likeness (QED) is 0.792. The molecule has 0 aliphatic heterocycles. The zero-order chi connectivity index (χ0) is 11.9. The van der Waals surface area contributed by atoms with E-state index in [1.54, 1.807) is 23.6 Å². The Bertz CT molecular complexity index is 529. The van der Waals surface area contributed by atoms with E-state index in [0.717, 1.165) is 5.56 Å². The average molecular weight is 277 g/mol. The Hall–Kier alpha value is -0.770. The van der Waals surface area contributed by atoms with E-state index in [1.165, 1.54) is 0 Å². The van der Waals surface area contributed by atoms with Gasteiger partial charge in [0.05, 0.1) is 10.7 Å². The normalized spacial score (nSPS) is 10.8. The average Bonchev–Trinajstić information content (AvgIpc) is 2.53. The van der Waals surface area contributed by atoms with Crippen LogP contribution in [0.5, 0.6) is 0 Å². The number of benzene rings is 1. The minimum atomic E-state index is 0.263. The fraction of sp³-hybridized carbons (Fsp3) is 0.200. The lowest BCUT2D eigenvalue weighted by atomic mass is 10.2. The largest absolute Gasteiger partial charge is 0.268 e. The van der Waals surface area contributed by atoms with Crippen molar-refractivity contribution >= 4 is 34.8 Å². The number of hydrogen-bond donors (Lipinski definition) is 0. The van der Waals surface area contributed by atoms with Gasteiger partial charge < -0.3 is 0 Å². The lowest BCUT2D eigenvalue weighted by Crippen LogP contribution is -1.99. The van der Waals surface area contributed by atoms with Crippen LogP contribution >= 0.6 is 34.8 Å². The summed E-state index contributed by atoms with van der Waals surface area (Å²) >= 11 is 18.1. The Balaban J connectivity index is 2.69. The van der Waals surface area contributed by atoms with Gasteiger partial charge in [-0.2, -0.15) is 0 Å². The molecule has 0 bridgehead atoms. The van der Waals surface area contributed by atoms with Crippen LogP contribution in [0.3, 0.4) is 0 Å². The number of rotatable bonds is 1. The highest BCUT2D eigenvalue weighted by molar-refractivity contribution is 6.35. The fourth-order valence-corrected chi connectivity index (χ4v) is 2.13. The summed E-state index contributed by atoms with van der Waals surface area (Å²) in [6.45, 7) is 3.68. The first-order valence-corrected chi connectivity index (χ1v) is 5.67. The van der Waals surface area contributed by atoms with E-state index in [9.17, 15) is 0 Å². The molecular formula is C10H8Cl3N3. The highest BCUT2D eigenvalue weighted by Crippen LogP contribution is 2.29. The summed E-state index contributed by atoms with van der Waals surface area (Å²) in [5.74, 6) is 0.659. The highest BCUT2D eigenvalue weighted by atomic mass is 35.5. The van der Waals surface area contributed by atoms with Crippen molar-refractivity contribution in [3.8, 4) is 5.69 Å². The van der Waals surface area contributed by atoms with Crippen LogP contribution < -0.4 is 0 Å². The highest BCUT2D eigenvalue weighted by Gasteiger charge is 2.13. The molecule has 1 aromatic carbocycles. The molecule has 0 atom stereocenters. The number of hydrogen-bond acceptors (Lipinski definition) is 2. The predicted molar refractivity (Wildman–Crippen MR) is 65.9 cm³/mol. The van der Waals surface area contributed by atoms with Crippen LogP contribution in [0, 0.1) is 13.8 Å². The summed E-state index contributed by atoms with van der Waals surface area (Å²) in [6.07, 6.45) is 0. The predicted octanol–water partition coefficient (Wildman–Crippen LogP) is 3.84.